The summed E-state index contributed by atoms with van der Waals surface area (Å²) in [6.07, 6.45) is -0.138. The fraction of sp³-hybridized carbons (Fsp3) is 0.429. The van der Waals surface area contributed by atoms with Gasteiger partial charge in [-0.3, -0.25) is 4.79 Å². The summed E-state index contributed by atoms with van der Waals surface area (Å²) in [5, 5.41) is 3.09. The molecule has 1 fully saturated rings. The molecule has 0 bridgehead atoms. The Hall–Kier alpha value is -2.24. The molecule has 20 heavy (non-hydrogen) atoms. The van der Waals surface area contributed by atoms with Gasteiger partial charge in [-0.2, -0.15) is 0 Å². The van der Waals surface area contributed by atoms with Crippen LogP contribution < -0.4 is 10.1 Å². The Bertz CT molecular complexity index is 488. The fourth-order valence-corrected chi connectivity index (χ4v) is 1.89. The molecule has 1 aromatic carbocycles. The second-order valence-electron chi connectivity index (χ2n) is 4.31. The van der Waals surface area contributed by atoms with E-state index in [4.69, 9.17) is 14.2 Å². The lowest BCUT2D eigenvalue weighted by Crippen LogP contribution is -2.23. The van der Waals surface area contributed by atoms with Gasteiger partial charge in [0.15, 0.2) is 0 Å². The summed E-state index contributed by atoms with van der Waals surface area (Å²) in [5.41, 5.74) is 0.808. The minimum Gasteiger partial charge on any atom is -0.495 e. The number of nitrogens with one attached hydrogen (secondary N) is 1. The molecule has 6 nitrogen and oxygen atoms in total. The topological polar surface area (TPSA) is 73.9 Å². The van der Waals surface area contributed by atoms with Crippen molar-refractivity contribution >= 4 is 17.6 Å². The maximum absolute atomic E-state index is 11.6. The molecular weight excluding hydrogens is 262 g/mol. The van der Waals surface area contributed by atoms with Crippen molar-refractivity contribution in [2.75, 3.05) is 25.6 Å². The maximum Gasteiger partial charge on any atom is 0.347 e. The molecule has 1 heterocycles. The highest BCUT2D eigenvalue weighted by Gasteiger charge is 2.29. The molecule has 0 saturated carbocycles. The summed E-state index contributed by atoms with van der Waals surface area (Å²) >= 11 is 0. The van der Waals surface area contributed by atoms with Crippen molar-refractivity contribution in [1.29, 1.82) is 0 Å². The van der Waals surface area contributed by atoms with Crippen LogP contribution in [0.2, 0.25) is 0 Å². The van der Waals surface area contributed by atoms with E-state index in [-0.39, 0.29) is 6.42 Å². The van der Waals surface area contributed by atoms with Gasteiger partial charge in [0.1, 0.15) is 5.75 Å². The van der Waals surface area contributed by atoms with Gasteiger partial charge in [0.05, 0.1) is 25.8 Å². The first kappa shape index (κ1) is 14.2. The second-order valence-corrected chi connectivity index (χ2v) is 4.31. The Morgan fingerprint density at radius 3 is 2.95 bits per heavy atom. The smallest absolute Gasteiger partial charge is 0.347 e. The second kappa shape index (κ2) is 6.79. The highest BCUT2D eigenvalue weighted by molar-refractivity contribution is 5.80. The molecule has 6 heteroatoms. The van der Waals surface area contributed by atoms with Gasteiger partial charge in [-0.1, -0.05) is 12.1 Å². The first-order valence-corrected chi connectivity index (χ1v) is 6.43. The number of para-hydroxylation sites is 2. The number of rotatable bonds is 6. The largest absolute Gasteiger partial charge is 0.495 e. The number of carbonyl (C=O) groups excluding carboxylic acids is 2. The van der Waals surface area contributed by atoms with E-state index in [1.165, 1.54) is 0 Å². The van der Waals surface area contributed by atoms with Crippen LogP contribution in [0, 0.1) is 0 Å². The monoisotopic (exact) mass is 279 g/mol. The van der Waals surface area contributed by atoms with Crippen LogP contribution in [-0.2, 0) is 19.1 Å². The highest BCUT2D eigenvalue weighted by atomic mass is 16.6. The molecule has 1 aromatic rings. The van der Waals surface area contributed by atoms with Gasteiger partial charge in [-0.05, 0) is 12.1 Å². The van der Waals surface area contributed by atoms with Crippen molar-refractivity contribution < 1.29 is 23.8 Å². The molecule has 0 radical (unpaired) electrons. The fourth-order valence-electron chi connectivity index (χ4n) is 1.89. The Labute approximate surface area is 117 Å². The zero-order valence-corrected chi connectivity index (χ0v) is 11.3. The summed E-state index contributed by atoms with van der Waals surface area (Å²) in [7, 11) is 1.58. The average Bonchev–Trinajstić information content (AvgIpc) is 2.85. The number of methoxy groups -OCH3 is 1. The van der Waals surface area contributed by atoms with Crippen LogP contribution in [-0.4, -0.2) is 38.3 Å². The maximum atomic E-state index is 11.6. The lowest BCUT2D eigenvalue weighted by Gasteiger charge is -2.11. The average molecular weight is 279 g/mol. The van der Waals surface area contributed by atoms with E-state index in [2.05, 4.69) is 5.32 Å². The molecule has 1 N–H and O–H groups in total. The van der Waals surface area contributed by atoms with Crippen molar-refractivity contribution in [2.45, 2.75) is 18.9 Å². The predicted octanol–water partition coefficient (Wildman–Crippen LogP) is 1.36. The zero-order chi connectivity index (χ0) is 14.4. The van der Waals surface area contributed by atoms with Gasteiger partial charge < -0.3 is 19.5 Å². The SMILES string of the molecule is COc1ccccc1NCCC(=O)OC1CCOC1=O. The van der Waals surface area contributed by atoms with Crippen LogP contribution in [0.4, 0.5) is 5.69 Å². The summed E-state index contributed by atoms with van der Waals surface area (Å²) in [6.45, 7) is 0.719. The van der Waals surface area contributed by atoms with Crippen molar-refractivity contribution in [3.63, 3.8) is 0 Å². The Balaban J connectivity index is 1.75. The normalized spacial score (nSPS) is 17.4. The van der Waals surface area contributed by atoms with Crippen molar-refractivity contribution in [3.8, 4) is 5.75 Å². The molecular formula is C14H17NO5. The zero-order valence-electron chi connectivity index (χ0n) is 11.3. The molecule has 0 spiro atoms. The quantitative estimate of drug-likeness (QED) is 0.792. The molecule has 0 aliphatic carbocycles. The number of esters is 2. The minimum absolute atomic E-state index is 0.168. The predicted molar refractivity (Wildman–Crippen MR) is 71.6 cm³/mol. The van der Waals surface area contributed by atoms with Crippen LogP contribution in [0.5, 0.6) is 5.75 Å². The van der Waals surface area contributed by atoms with E-state index >= 15 is 0 Å². The number of hydrogen-bond acceptors (Lipinski definition) is 6. The molecule has 1 aliphatic rings. The number of carbonyl (C=O) groups is 2. The standard InChI is InChI=1S/C14H17NO5/c1-18-11-5-3-2-4-10(11)15-8-6-13(16)20-12-7-9-19-14(12)17/h2-5,12,15H,6-9H2,1H3. The van der Waals surface area contributed by atoms with Crippen LogP contribution in [0.1, 0.15) is 12.8 Å². The van der Waals surface area contributed by atoms with E-state index in [1.807, 2.05) is 24.3 Å². The number of ether oxygens (including phenoxy) is 3. The van der Waals surface area contributed by atoms with Crippen LogP contribution in [0.15, 0.2) is 24.3 Å². The third kappa shape index (κ3) is 3.63. The molecule has 108 valence electrons. The van der Waals surface area contributed by atoms with E-state index in [9.17, 15) is 9.59 Å². The van der Waals surface area contributed by atoms with Crippen molar-refractivity contribution in [3.05, 3.63) is 24.3 Å². The van der Waals surface area contributed by atoms with Gasteiger partial charge in [0.25, 0.3) is 0 Å². The number of hydrogen-bond donors (Lipinski definition) is 1. The highest BCUT2D eigenvalue weighted by Crippen LogP contribution is 2.22. The first-order valence-electron chi connectivity index (χ1n) is 6.43. The summed E-state index contributed by atoms with van der Waals surface area (Å²) in [5.74, 6) is -0.174. The lowest BCUT2D eigenvalue weighted by molar-refractivity contribution is -0.160. The van der Waals surface area contributed by atoms with Gasteiger partial charge >= 0.3 is 11.9 Å². The van der Waals surface area contributed by atoms with Crippen molar-refractivity contribution in [1.82, 2.24) is 0 Å². The van der Waals surface area contributed by atoms with E-state index in [1.54, 1.807) is 7.11 Å². The molecule has 2 rings (SSSR count). The summed E-state index contributed by atoms with van der Waals surface area (Å²) in [6, 6.07) is 7.43. The van der Waals surface area contributed by atoms with Gasteiger partial charge in [-0.15, -0.1) is 0 Å². The summed E-state index contributed by atoms with van der Waals surface area (Å²) in [4.78, 5) is 22.7. The first-order chi connectivity index (χ1) is 9.70. The summed E-state index contributed by atoms with van der Waals surface area (Å²) < 4.78 is 14.9. The molecule has 1 saturated heterocycles. The van der Waals surface area contributed by atoms with E-state index in [0.717, 1.165) is 5.69 Å². The van der Waals surface area contributed by atoms with Crippen LogP contribution >= 0.6 is 0 Å². The molecule has 1 unspecified atom stereocenters. The van der Waals surface area contributed by atoms with Gasteiger partial charge in [0, 0.05) is 13.0 Å². The number of cyclic esters (lactones) is 1. The number of benzene rings is 1. The third-order valence-electron chi connectivity index (χ3n) is 2.91. The van der Waals surface area contributed by atoms with Crippen LogP contribution in [0.3, 0.4) is 0 Å². The molecule has 0 aromatic heterocycles. The Morgan fingerprint density at radius 2 is 2.25 bits per heavy atom. The minimum atomic E-state index is -0.742. The third-order valence-corrected chi connectivity index (χ3v) is 2.91. The lowest BCUT2D eigenvalue weighted by atomic mass is 10.3. The van der Waals surface area contributed by atoms with Gasteiger partial charge in [-0.25, -0.2) is 4.79 Å². The van der Waals surface area contributed by atoms with Crippen molar-refractivity contribution in [2.24, 2.45) is 0 Å². The van der Waals surface area contributed by atoms with E-state index < -0.39 is 18.0 Å². The van der Waals surface area contributed by atoms with Crippen LogP contribution in [0.25, 0.3) is 0 Å². The molecule has 0 amide bonds. The Morgan fingerprint density at radius 1 is 1.45 bits per heavy atom. The molecule has 1 atom stereocenters. The number of anilines is 1. The Kier molecular flexibility index (Phi) is 4.81. The van der Waals surface area contributed by atoms with Gasteiger partial charge in [0.2, 0.25) is 6.10 Å². The van der Waals surface area contributed by atoms with E-state index in [0.29, 0.717) is 25.3 Å². The molecule has 1 aliphatic heterocycles.